The molecule has 90 valence electrons. The van der Waals surface area contributed by atoms with Crippen molar-refractivity contribution in [3.8, 4) is 0 Å². The van der Waals surface area contributed by atoms with Gasteiger partial charge in [-0.3, -0.25) is 0 Å². The van der Waals surface area contributed by atoms with Gasteiger partial charge in [-0.1, -0.05) is 17.7 Å². The molecule has 17 heavy (non-hydrogen) atoms. The highest BCUT2D eigenvalue weighted by molar-refractivity contribution is 9.10. The molecular weight excluding hydrogens is 318 g/mol. The zero-order valence-corrected chi connectivity index (χ0v) is 12.8. The first-order chi connectivity index (χ1) is 7.99. The number of thiophene rings is 1. The quantitative estimate of drug-likeness (QED) is 0.838. The van der Waals surface area contributed by atoms with Crippen LogP contribution < -0.4 is 5.73 Å². The van der Waals surface area contributed by atoms with Crippen molar-refractivity contribution in [1.82, 2.24) is 0 Å². The van der Waals surface area contributed by atoms with Crippen molar-refractivity contribution in [2.24, 2.45) is 5.73 Å². The third-order valence-electron chi connectivity index (χ3n) is 2.66. The Balaban J connectivity index is 2.40. The lowest BCUT2D eigenvalue weighted by molar-refractivity contribution is 0.885. The largest absolute Gasteiger partial charge is 0.320 e. The maximum Gasteiger partial charge on any atom is 0.0649 e. The highest BCUT2D eigenvalue weighted by Gasteiger charge is 2.15. The number of hydrogen-bond acceptors (Lipinski definition) is 2. The fraction of sp³-hybridized carbons (Fsp3) is 0.231. The maximum absolute atomic E-state index is 6.29. The molecular formula is C13H13BrClNS. The lowest BCUT2D eigenvalue weighted by atomic mass is 10.0. The molecule has 1 nitrogen and oxygen atoms in total. The molecule has 1 heterocycles. The van der Waals surface area contributed by atoms with Gasteiger partial charge in [0, 0.05) is 14.2 Å². The summed E-state index contributed by atoms with van der Waals surface area (Å²) in [6.45, 7) is 4.20. The SMILES string of the molecule is Cc1cc(C)c(C(N)c2ccc(Br)c(Cl)c2)s1. The molecule has 4 heteroatoms. The van der Waals surface area contributed by atoms with E-state index < -0.39 is 0 Å². The van der Waals surface area contributed by atoms with E-state index in [1.165, 1.54) is 15.3 Å². The van der Waals surface area contributed by atoms with Crippen molar-refractivity contribution < 1.29 is 0 Å². The molecule has 0 radical (unpaired) electrons. The van der Waals surface area contributed by atoms with E-state index in [0.717, 1.165) is 10.0 Å². The van der Waals surface area contributed by atoms with Gasteiger partial charge in [0.15, 0.2) is 0 Å². The number of rotatable bonds is 2. The summed E-state index contributed by atoms with van der Waals surface area (Å²) in [5.74, 6) is 0. The first kappa shape index (κ1) is 13.1. The van der Waals surface area contributed by atoms with Gasteiger partial charge in [0.05, 0.1) is 11.1 Å². The van der Waals surface area contributed by atoms with Crippen molar-refractivity contribution in [2.75, 3.05) is 0 Å². The summed E-state index contributed by atoms with van der Waals surface area (Å²) in [4.78, 5) is 2.50. The minimum atomic E-state index is -0.0979. The van der Waals surface area contributed by atoms with Gasteiger partial charge >= 0.3 is 0 Å². The Hall–Kier alpha value is -0.350. The van der Waals surface area contributed by atoms with Crippen molar-refractivity contribution in [1.29, 1.82) is 0 Å². The Labute approximate surface area is 119 Å². The van der Waals surface area contributed by atoms with Gasteiger partial charge in [-0.15, -0.1) is 11.3 Å². The van der Waals surface area contributed by atoms with Crippen LogP contribution in [0, 0.1) is 13.8 Å². The summed E-state index contributed by atoms with van der Waals surface area (Å²) in [6.07, 6.45) is 0. The molecule has 0 saturated heterocycles. The molecule has 0 bridgehead atoms. The van der Waals surface area contributed by atoms with Crippen LogP contribution in [-0.2, 0) is 0 Å². The van der Waals surface area contributed by atoms with Crippen LogP contribution in [0.3, 0.4) is 0 Å². The summed E-state index contributed by atoms with van der Waals surface area (Å²) >= 11 is 11.2. The topological polar surface area (TPSA) is 26.0 Å². The molecule has 0 amide bonds. The van der Waals surface area contributed by atoms with Gasteiger partial charge in [-0.2, -0.15) is 0 Å². The molecule has 0 aliphatic heterocycles. The second kappa shape index (κ2) is 5.11. The summed E-state index contributed by atoms with van der Waals surface area (Å²) in [5.41, 5.74) is 8.58. The lowest BCUT2D eigenvalue weighted by Gasteiger charge is -2.12. The van der Waals surface area contributed by atoms with Crippen LogP contribution >= 0.6 is 38.9 Å². The van der Waals surface area contributed by atoms with Gasteiger partial charge in [0.2, 0.25) is 0 Å². The van der Waals surface area contributed by atoms with Crippen LogP contribution in [0.4, 0.5) is 0 Å². The number of aryl methyl sites for hydroxylation is 2. The molecule has 0 aliphatic rings. The number of nitrogens with two attached hydrogens (primary N) is 1. The second-order valence-electron chi connectivity index (χ2n) is 4.06. The monoisotopic (exact) mass is 329 g/mol. The van der Waals surface area contributed by atoms with Crippen LogP contribution in [-0.4, -0.2) is 0 Å². The minimum Gasteiger partial charge on any atom is -0.320 e. The van der Waals surface area contributed by atoms with Crippen LogP contribution in [0.2, 0.25) is 5.02 Å². The van der Waals surface area contributed by atoms with Crippen LogP contribution in [0.5, 0.6) is 0 Å². The fourth-order valence-corrected chi connectivity index (χ4v) is 3.33. The Kier molecular flexibility index (Phi) is 3.93. The maximum atomic E-state index is 6.29. The molecule has 1 aromatic carbocycles. The van der Waals surface area contributed by atoms with Crippen LogP contribution in [0.25, 0.3) is 0 Å². The zero-order chi connectivity index (χ0) is 12.6. The average molecular weight is 331 g/mol. The van der Waals surface area contributed by atoms with Crippen LogP contribution in [0.1, 0.15) is 26.9 Å². The van der Waals surface area contributed by atoms with E-state index in [0.29, 0.717) is 5.02 Å². The van der Waals surface area contributed by atoms with E-state index in [4.69, 9.17) is 17.3 Å². The fourth-order valence-electron chi connectivity index (χ4n) is 1.83. The average Bonchev–Trinajstić information content (AvgIpc) is 2.61. The third-order valence-corrected chi connectivity index (χ3v) is 5.13. The summed E-state index contributed by atoms with van der Waals surface area (Å²) in [6, 6.07) is 7.94. The van der Waals surface area contributed by atoms with E-state index in [-0.39, 0.29) is 6.04 Å². The zero-order valence-electron chi connectivity index (χ0n) is 9.63. The molecule has 0 aliphatic carbocycles. The Morgan fingerprint density at radius 1 is 1.29 bits per heavy atom. The molecule has 1 aromatic heterocycles. The Bertz CT molecular complexity index is 550. The summed E-state index contributed by atoms with van der Waals surface area (Å²) < 4.78 is 0.897. The molecule has 2 rings (SSSR count). The first-order valence-electron chi connectivity index (χ1n) is 5.26. The van der Waals surface area contributed by atoms with Gasteiger partial charge < -0.3 is 5.73 Å². The van der Waals surface area contributed by atoms with Crippen molar-refractivity contribution in [3.63, 3.8) is 0 Å². The first-order valence-corrected chi connectivity index (χ1v) is 7.25. The molecule has 1 unspecified atom stereocenters. The van der Waals surface area contributed by atoms with Crippen molar-refractivity contribution in [3.05, 3.63) is 54.6 Å². The molecule has 2 N–H and O–H groups in total. The van der Waals surface area contributed by atoms with E-state index in [1.54, 1.807) is 11.3 Å². The van der Waals surface area contributed by atoms with Gasteiger partial charge in [-0.05, 0) is 59.1 Å². The predicted molar refractivity (Wildman–Crippen MR) is 79.0 cm³/mol. The highest BCUT2D eigenvalue weighted by atomic mass is 79.9. The van der Waals surface area contributed by atoms with Crippen molar-refractivity contribution in [2.45, 2.75) is 19.9 Å². The predicted octanol–water partition coefficient (Wildman–Crippen LogP) is 4.83. The summed E-state index contributed by atoms with van der Waals surface area (Å²) in [7, 11) is 0. The van der Waals surface area contributed by atoms with Gasteiger partial charge in [-0.25, -0.2) is 0 Å². The normalized spacial score (nSPS) is 12.8. The third kappa shape index (κ3) is 2.74. The Morgan fingerprint density at radius 3 is 2.53 bits per heavy atom. The standard InChI is InChI=1S/C13H13BrClNS/c1-7-5-8(2)17-13(7)12(16)9-3-4-10(14)11(15)6-9/h3-6,12H,16H2,1-2H3. The molecule has 0 saturated carbocycles. The van der Waals surface area contributed by atoms with E-state index >= 15 is 0 Å². The van der Waals surface area contributed by atoms with Crippen LogP contribution in [0.15, 0.2) is 28.7 Å². The number of hydrogen-bond donors (Lipinski definition) is 1. The summed E-state index contributed by atoms with van der Waals surface area (Å²) in [5, 5.41) is 0.698. The smallest absolute Gasteiger partial charge is 0.0649 e. The second-order valence-corrected chi connectivity index (χ2v) is 6.60. The molecule has 2 aromatic rings. The van der Waals surface area contributed by atoms with E-state index in [2.05, 4.69) is 35.8 Å². The minimum absolute atomic E-state index is 0.0979. The Morgan fingerprint density at radius 2 is 2.00 bits per heavy atom. The number of benzene rings is 1. The van der Waals surface area contributed by atoms with E-state index in [9.17, 15) is 0 Å². The van der Waals surface area contributed by atoms with E-state index in [1.807, 2.05) is 18.2 Å². The highest BCUT2D eigenvalue weighted by Crippen LogP contribution is 2.32. The number of halogens is 2. The lowest BCUT2D eigenvalue weighted by Crippen LogP contribution is -2.11. The molecule has 0 spiro atoms. The van der Waals surface area contributed by atoms with Crippen molar-refractivity contribution >= 4 is 38.9 Å². The van der Waals surface area contributed by atoms with Gasteiger partial charge in [0.1, 0.15) is 0 Å². The molecule has 0 fully saturated rings. The molecule has 1 atom stereocenters. The van der Waals surface area contributed by atoms with Gasteiger partial charge in [0.25, 0.3) is 0 Å².